The zero-order valence-electron chi connectivity index (χ0n) is 13.0. The molecule has 2 rings (SSSR count). The summed E-state index contributed by atoms with van der Waals surface area (Å²) in [5.74, 6) is 0. The van der Waals surface area contributed by atoms with Crippen LogP contribution in [-0.2, 0) is 6.42 Å². The van der Waals surface area contributed by atoms with E-state index in [9.17, 15) is 0 Å². The lowest BCUT2D eigenvalue weighted by atomic mass is 9.98. The highest BCUT2D eigenvalue weighted by Crippen LogP contribution is 2.31. The van der Waals surface area contributed by atoms with Gasteiger partial charge in [0.15, 0.2) is 0 Å². The van der Waals surface area contributed by atoms with E-state index in [4.69, 9.17) is 0 Å². The van der Waals surface area contributed by atoms with Gasteiger partial charge in [0, 0.05) is 11.3 Å². The molecular weight excluding hydrogens is 274 g/mol. The molecule has 2 aromatic rings. The van der Waals surface area contributed by atoms with E-state index in [1.807, 2.05) is 11.8 Å². The Morgan fingerprint density at radius 1 is 0.952 bits per heavy atom. The molecular formula is C19H25NS. The molecule has 0 amide bonds. The van der Waals surface area contributed by atoms with Gasteiger partial charge in [-0.15, -0.1) is 0 Å². The Labute approximate surface area is 133 Å². The second-order valence-corrected chi connectivity index (χ2v) is 6.30. The molecule has 0 bridgehead atoms. The van der Waals surface area contributed by atoms with Crippen molar-refractivity contribution >= 4 is 11.8 Å². The van der Waals surface area contributed by atoms with Gasteiger partial charge >= 0.3 is 0 Å². The van der Waals surface area contributed by atoms with E-state index in [-0.39, 0.29) is 0 Å². The minimum Gasteiger partial charge on any atom is -0.312 e. The van der Waals surface area contributed by atoms with Crippen LogP contribution in [0.15, 0.2) is 60.7 Å². The molecule has 0 saturated heterocycles. The SMILES string of the molecule is CCCNC(Cc1ccccc1)C(SC)c1ccccc1. The molecule has 0 aliphatic heterocycles. The summed E-state index contributed by atoms with van der Waals surface area (Å²) in [6.45, 7) is 3.30. The second-order valence-electron chi connectivity index (χ2n) is 5.32. The number of thioether (sulfide) groups is 1. The van der Waals surface area contributed by atoms with Crippen molar-refractivity contribution < 1.29 is 0 Å². The van der Waals surface area contributed by atoms with Crippen LogP contribution in [0.3, 0.4) is 0 Å². The maximum Gasteiger partial charge on any atom is 0.0450 e. The fourth-order valence-electron chi connectivity index (χ4n) is 2.66. The van der Waals surface area contributed by atoms with Gasteiger partial charge in [0.1, 0.15) is 0 Å². The quantitative estimate of drug-likeness (QED) is 0.758. The zero-order chi connectivity index (χ0) is 14.9. The molecule has 0 heterocycles. The highest BCUT2D eigenvalue weighted by Gasteiger charge is 2.22. The molecule has 112 valence electrons. The first-order valence-corrected chi connectivity index (χ1v) is 8.99. The van der Waals surface area contributed by atoms with Gasteiger partial charge < -0.3 is 5.32 Å². The van der Waals surface area contributed by atoms with Crippen molar-refractivity contribution in [1.29, 1.82) is 0 Å². The van der Waals surface area contributed by atoms with Crippen molar-refractivity contribution in [1.82, 2.24) is 5.32 Å². The molecule has 0 fully saturated rings. The number of rotatable bonds is 8. The molecule has 0 spiro atoms. The highest BCUT2D eigenvalue weighted by molar-refractivity contribution is 7.98. The van der Waals surface area contributed by atoms with E-state index in [2.05, 4.69) is 79.2 Å². The predicted octanol–water partition coefficient (Wildman–Crippen LogP) is 4.70. The molecule has 21 heavy (non-hydrogen) atoms. The monoisotopic (exact) mass is 299 g/mol. The van der Waals surface area contributed by atoms with Crippen LogP contribution in [0.2, 0.25) is 0 Å². The molecule has 0 saturated carbocycles. The Bertz CT molecular complexity index is 497. The topological polar surface area (TPSA) is 12.0 Å². The Balaban J connectivity index is 2.17. The van der Waals surface area contributed by atoms with Crippen LogP contribution >= 0.6 is 11.8 Å². The van der Waals surface area contributed by atoms with Gasteiger partial charge in [-0.1, -0.05) is 67.6 Å². The molecule has 0 aliphatic rings. The fraction of sp³-hybridized carbons (Fsp3) is 0.368. The van der Waals surface area contributed by atoms with Crippen molar-refractivity contribution in [3.05, 3.63) is 71.8 Å². The molecule has 2 heteroatoms. The summed E-state index contributed by atoms with van der Waals surface area (Å²) in [5.41, 5.74) is 2.82. The summed E-state index contributed by atoms with van der Waals surface area (Å²) in [5, 5.41) is 4.23. The maximum absolute atomic E-state index is 3.75. The van der Waals surface area contributed by atoms with Crippen molar-refractivity contribution in [2.75, 3.05) is 12.8 Å². The molecule has 1 N–H and O–H groups in total. The second kappa shape index (κ2) is 8.91. The molecule has 0 radical (unpaired) electrons. The van der Waals surface area contributed by atoms with Gasteiger partial charge in [-0.2, -0.15) is 11.8 Å². The maximum atomic E-state index is 3.75. The van der Waals surface area contributed by atoms with E-state index >= 15 is 0 Å². The van der Waals surface area contributed by atoms with Gasteiger partial charge in [-0.05, 0) is 36.8 Å². The van der Waals surface area contributed by atoms with Gasteiger partial charge in [-0.25, -0.2) is 0 Å². The van der Waals surface area contributed by atoms with E-state index in [0.717, 1.165) is 13.0 Å². The third-order valence-electron chi connectivity index (χ3n) is 3.70. The first-order chi connectivity index (χ1) is 10.3. The van der Waals surface area contributed by atoms with Crippen LogP contribution in [0.5, 0.6) is 0 Å². The van der Waals surface area contributed by atoms with Gasteiger partial charge in [0.05, 0.1) is 0 Å². The molecule has 2 unspecified atom stereocenters. The number of nitrogens with one attached hydrogen (secondary N) is 1. The van der Waals surface area contributed by atoms with Crippen molar-refractivity contribution in [2.45, 2.75) is 31.1 Å². The van der Waals surface area contributed by atoms with Crippen LogP contribution in [0.1, 0.15) is 29.7 Å². The summed E-state index contributed by atoms with van der Waals surface area (Å²) in [6, 6.07) is 22.1. The molecule has 2 atom stereocenters. The Hall–Kier alpha value is -1.25. The van der Waals surface area contributed by atoms with E-state index < -0.39 is 0 Å². The van der Waals surface area contributed by atoms with Crippen LogP contribution < -0.4 is 5.32 Å². The van der Waals surface area contributed by atoms with Gasteiger partial charge in [0.2, 0.25) is 0 Å². The van der Waals surface area contributed by atoms with Crippen LogP contribution in [0, 0.1) is 0 Å². The lowest BCUT2D eigenvalue weighted by molar-refractivity contribution is 0.498. The number of hydrogen-bond donors (Lipinski definition) is 1. The van der Waals surface area contributed by atoms with Gasteiger partial charge in [-0.3, -0.25) is 0 Å². The van der Waals surface area contributed by atoms with Crippen molar-refractivity contribution in [2.24, 2.45) is 0 Å². The standard InChI is InChI=1S/C19H25NS/c1-3-14-20-18(15-16-10-6-4-7-11-16)19(21-2)17-12-8-5-9-13-17/h4-13,18-20H,3,14-15H2,1-2H3. The van der Waals surface area contributed by atoms with E-state index in [0.29, 0.717) is 11.3 Å². The van der Waals surface area contributed by atoms with Crippen LogP contribution in [0.25, 0.3) is 0 Å². The summed E-state index contributed by atoms with van der Waals surface area (Å²) >= 11 is 1.94. The molecule has 0 aromatic heterocycles. The summed E-state index contributed by atoms with van der Waals surface area (Å²) < 4.78 is 0. The van der Waals surface area contributed by atoms with E-state index in [1.165, 1.54) is 17.5 Å². The van der Waals surface area contributed by atoms with E-state index in [1.54, 1.807) is 0 Å². The number of benzene rings is 2. The lowest BCUT2D eigenvalue weighted by Gasteiger charge is -2.27. The average molecular weight is 299 g/mol. The average Bonchev–Trinajstić information content (AvgIpc) is 2.55. The third kappa shape index (κ3) is 4.90. The fourth-order valence-corrected chi connectivity index (χ4v) is 3.61. The van der Waals surface area contributed by atoms with Gasteiger partial charge in [0.25, 0.3) is 0 Å². The van der Waals surface area contributed by atoms with Crippen molar-refractivity contribution in [3.63, 3.8) is 0 Å². The van der Waals surface area contributed by atoms with Crippen LogP contribution in [0.4, 0.5) is 0 Å². The minimum absolute atomic E-state index is 0.463. The minimum atomic E-state index is 0.463. The molecule has 1 nitrogen and oxygen atoms in total. The predicted molar refractivity (Wildman–Crippen MR) is 94.9 cm³/mol. The normalized spacial score (nSPS) is 13.8. The summed E-state index contributed by atoms with van der Waals surface area (Å²) in [4.78, 5) is 0. The first kappa shape index (κ1) is 16.1. The Morgan fingerprint density at radius 2 is 1.57 bits per heavy atom. The summed E-state index contributed by atoms with van der Waals surface area (Å²) in [7, 11) is 0. The number of hydrogen-bond acceptors (Lipinski definition) is 2. The third-order valence-corrected chi connectivity index (χ3v) is 4.81. The Kier molecular flexibility index (Phi) is 6.84. The Morgan fingerprint density at radius 3 is 2.14 bits per heavy atom. The van der Waals surface area contributed by atoms with Crippen LogP contribution in [-0.4, -0.2) is 18.8 Å². The smallest absolute Gasteiger partial charge is 0.0450 e. The molecule has 0 aliphatic carbocycles. The largest absolute Gasteiger partial charge is 0.312 e. The summed E-state index contributed by atoms with van der Waals surface area (Å²) in [6.07, 6.45) is 4.45. The highest BCUT2D eigenvalue weighted by atomic mass is 32.2. The molecule has 2 aromatic carbocycles. The lowest BCUT2D eigenvalue weighted by Crippen LogP contribution is -2.36. The zero-order valence-corrected chi connectivity index (χ0v) is 13.8. The van der Waals surface area contributed by atoms with Crippen molar-refractivity contribution in [3.8, 4) is 0 Å². The first-order valence-electron chi connectivity index (χ1n) is 7.70.